The molecule has 0 saturated carbocycles. The van der Waals surface area contributed by atoms with Gasteiger partial charge in [-0.25, -0.2) is 0 Å². The number of anilines is 2. The standard InChI is InChI=1S/C17H23N3OS/c21-16-15(10-11-18-14-8-4-3-5-9-14)22-17(19-16)20-12-6-1-2-7-13-20/h3-5,8-9,18,21H,1-2,6-7,10-13H2. The molecule has 0 bridgehead atoms. The predicted molar refractivity (Wildman–Crippen MR) is 93.1 cm³/mol. The molecule has 0 radical (unpaired) electrons. The van der Waals surface area contributed by atoms with Crippen molar-refractivity contribution in [3.8, 4) is 5.88 Å². The first-order chi connectivity index (χ1) is 10.8. The van der Waals surface area contributed by atoms with Gasteiger partial charge in [0.15, 0.2) is 5.13 Å². The number of rotatable bonds is 5. The molecule has 1 fully saturated rings. The van der Waals surface area contributed by atoms with E-state index in [0.717, 1.165) is 41.8 Å². The summed E-state index contributed by atoms with van der Waals surface area (Å²) in [4.78, 5) is 7.67. The summed E-state index contributed by atoms with van der Waals surface area (Å²) in [5.41, 5.74) is 1.11. The fourth-order valence-corrected chi connectivity index (χ4v) is 3.77. The van der Waals surface area contributed by atoms with Crippen LogP contribution in [0.4, 0.5) is 10.8 Å². The fourth-order valence-electron chi connectivity index (χ4n) is 2.77. The predicted octanol–water partition coefficient (Wildman–Crippen LogP) is 3.88. The highest BCUT2D eigenvalue weighted by molar-refractivity contribution is 7.15. The average molecular weight is 317 g/mol. The van der Waals surface area contributed by atoms with Gasteiger partial charge in [0.2, 0.25) is 5.88 Å². The third-order valence-electron chi connectivity index (χ3n) is 4.00. The van der Waals surface area contributed by atoms with E-state index in [1.807, 2.05) is 18.2 Å². The highest BCUT2D eigenvalue weighted by Crippen LogP contribution is 2.32. The van der Waals surface area contributed by atoms with Crippen LogP contribution in [-0.2, 0) is 6.42 Å². The van der Waals surface area contributed by atoms with Gasteiger partial charge in [0.25, 0.3) is 0 Å². The Labute approximate surface area is 135 Å². The molecule has 1 aliphatic heterocycles. The summed E-state index contributed by atoms with van der Waals surface area (Å²) in [5.74, 6) is 0.208. The number of nitrogens with zero attached hydrogens (tertiary/aromatic N) is 2. The maximum atomic E-state index is 10.1. The van der Waals surface area contributed by atoms with Crippen LogP contribution in [0.5, 0.6) is 5.88 Å². The molecule has 0 spiro atoms. The van der Waals surface area contributed by atoms with Gasteiger partial charge in [0, 0.05) is 31.7 Å². The smallest absolute Gasteiger partial charge is 0.227 e. The molecule has 2 heterocycles. The van der Waals surface area contributed by atoms with Gasteiger partial charge in [-0.1, -0.05) is 42.4 Å². The van der Waals surface area contributed by atoms with E-state index in [9.17, 15) is 5.11 Å². The van der Waals surface area contributed by atoms with Crippen LogP contribution >= 0.6 is 11.3 Å². The molecule has 1 aromatic carbocycles. The molecule has 2 aromatic rings. The lowest BCUT2D eigenvalue weighted by atomic mass is 10.2. The van der Waals surface area contributed by atoms with Crippen molar-refractivity contribution in [2.24, 2.45) is 0 Å². The quantitative estimate of drug-likeness (QED) is 0.878. The van der Waals surface area contributed by atoms with E-state index in [2.05, 4.69) is 27.3 Å². The third kappa shape index (κ3) is 3.91. The van der Waals surface area contributed by atoms with E-state index in [4.69, 9.17) is 0 Å². The fraction of sp³-hybridized carbons (Fsp3) is 0.471. The monoisotopic (exact) mass is 317 g/mol. The molecule has 1 aliphatic rings. The largest absolute Gasteiger partial charge is 0.492 e. The van der Waals surface area contributed by atoms with Crippen LogP contribution in [0.2, 0.25) is 0 Å². The molecule has 4 nitrogen and oxygen atoms in total. The Bertz CT molecular complexity index is 577. The van der Waals surface area contributed by atoms with Crippen molar-refractivity contribution < 1.29 is 5.11 Å². The number of para-hydroxylation sites is 1. The first-order valence-electron chi connectivity index (χ1n) is 8.05. The Hall–Kier alpha value is -1.75. The lowest BCUT2D eigenvalue weighted by Crippen LogP contribution is -2.23. The molecule has 0 aliphatic carbocycles. The summed E-state index contributed by atoms with van der Waals surface area (Å²) in [6.07, 6.45) is 5.87. The summed E-state index contributed by atoms with van der Waals surface area (Å²) < 4.78 is 0. The van der Waals surface area contributed by atoms with Crippen LogP contribution in [0.1, 0.15) is 30.6 Å². The zero-order valence-corrected chi connectivity index (χ0v) is 13.6. The molecule has 1 aromatic heterocycles. The lowest BCUT2D eigenvalue weighted by Gasteiger charge is -2.18. The molecule has 0 atom stereocenters. The number of benzene rings is 1. The van der Waals surface area contributed by atoms with Gasteiger partial charge < -0.3 is 15.3 Å². The summed E-state index contributed by atoms with van der Waals surface area (Å²) in [6, 6.07) is 10.1. The van der Waals surface area contributed by atoms with Crippen molar-refractivity contribution in [3.63, 3.8) is 0 Å². The molecular formula is C17H23N3OS. The highest BCUT2D eigenvalue weighted by Gasteiger charge is 2.17. The zero-order chi connectivity index (χ0) is 15.2. The Morgan fingerprint density at radius 3 is 2.55 bits per heavy atom. The Morgan fingerprint density at radius 2 is 1.82 bits per heavy atom. The molecule has 2 N–H and O–H groups in total. The molecular weight excluding hydrogens is 294 g/mol. The summed E-state index contributed by atoms with van der Waals surface area (Å²) in [5, 5.41) is 14.4. The van der Waals surface area contributed by atoms with Crippen molar-refractivity contribution in [3.05, 3.63) is 35.2 Å². The number of thiazole rings is 1. The van der Waals surface area contributed by atoms with Crippen LogP contribution in [0.3, 0.4) is 0 Å². The van der Waals surface area contributed by atoms with Crippen molar-refractivity contribution in [1.82, 2.24) is 4.98 Å². The Kier molecular flexibility index (Phi) is 5.16. The SMILES string of the molecule is Oc1nc(N2CCCCCC2)sc1CCNc1ccccc1. The van der Waals surface area contributed by atoms with E-state index in [-0.39, 0.29) is 5.88 Å². The van der Waals surface area contributed by atoms with Gasteiger partial charge in [-0.2, -0.15) is 4.98 Å². The van der Waals surface area contributed by atoms with E-state index in [0.29, 0.717) is 0 Å². The first-order valence-corrected chi connectivity index (χ1v) is 8.87. The van der Waals surface area contributed by atoms with E-state index < -0.39 is 0 Å². The molecule has 0 unspecified atom stereocenters. The van der Waals surface area contributed by atoms with Crippen LogP contribution in [0.25, 0.3) is 0 Å². The normalized spacial score (nSPS) is 15.5. The molecule has 22 heavy (non-hydrogen) atoms. The average Bonchev–Trinajstić information content (AvgIpc) is 2.76. The third-order valence-corrected chi connectivity index (χ3v) is 5.16. The number of hydrogen-bond donors (Lipinski definition) is 2. The maximum absolute atomic E-state index is 10.1. The molecule has 5 heteroatoms. The number of aromatic hydroxyl groups is 1. The zero-order valence-electron chi connectivity index (χ0n) is 12.8. The molecule has 3 rings (SSSR count). The number of nitrogens with one attached hydrogen (secondary N) is 1. The van der Waals surface area contributed by atoms with E-state index in [1.165, 1.54) is 25.7 Å². The van der Waals surface area contributed by atoms with Gasteiger partial charge in [-0.05, 0) is 25.0 Å². The number of hydrogen-bond acceptors (Lipinski definition) is 5. The highest BCUT2D eigenvalue weighted by atomic mass is 32.1. The van der Waals surface area contributed by atoms with Crippen LogP contribution < -0.4 is 10.2 Å². The van der Waals surface area contributed by atoms with Gasteiger partial charge in [0.1, 0.15) is 0 Å². The van der Waals surface area contributed by atoms with Gasteiger partial charge in [-0.15, -0.1) is 0 Å². The maximum Gasteiger partial charge on any atom is 0.227 e. The van der Waals surface area contributed by atoms with Crippen LogP contribution in [0.15, 0.2) is 30.3 Å². The van der Waals surface area contributed by atoms with E-state index in [1.54, 1.807) is 11.3 Å². The summed E-state index contributed by atoms with van der Waals surface area (Å²) in [6.45, 7) is 2.93. The van der Waals surface area contributed by atoms with Gasteiger partial charge in [-0.3, -0.25) is 0 Å². The molecule has 0 amide bonds. The van der Waals surface area contributed by atoms with Crippen LogP contribution in [0, 0.1) is 0 Å². The van der Waals surface area contributed by atoms with Crippen LogP contribution in [-0.4, -0.2) is 29.7 Å². The number of aromatic nitrogens is 1. The minimum absolute atomic E-state index is 0.208. The Balaban J connectivity index is 1.57. The lowest BCUT2D eigenvalue weighted by molar-refractivity contribution is 0.451. The Morgan fingerprint density at radius 1 is 1.09 bits per heavy atom. The van der Waals surface area contributed by atoms with Gasteiger partial charge in [0.05, 0.1) is 4.88 Å². The van der Waals surface area contributed by atoms with Crippen molar-refractivity contribution in [2.45, 2.75) is 32.1 Å². The van der Waals surface area contributed by atoms with E-state index >= 15 is 0 Å². The molecule has 118 valence electrons. The van der Waals surface area contributed by atoms with Crippen molar-refractivity contribution >= 4 is 22.2 Å². The minimum Gasteiger partial charge on any atom is -0.492 e. The molecule has 1 saturated heterocycles. The summed E-state index contributed by atoms with van der Waals surface area (Å²) >= 11 is 1.64. The second-order valence-electron chi connectivity index (χ2n) is 5.69. The second-order valence-corrected chi connectivity index (χ2v) is 6.75. The van der Waals surface area contributed by atoms with Crippen molar-refractivity contribution in [2.75, 3.05) is 29.9 Å². The van der Waals surface area contributed by atoms with Gasteiger partial charge >= 0.3 is 0 Å². The van der Waals surface area contributed by atoms with Crippen molar-refractivity contribution in [1.29, 1.82) is 0 Å². The second kappa shape index (κ2) is 7.49. The minimum atomic E-state index is 0.208. The topological polar surface area (TPSA) is 48.4 Å². The summed E-state index contributed by atoms with van der Waals surface area (Å²) in [7, 11) is 0. The first kappa shape index (κ1) is 15.2.